The molecule has 26 heavy (non-hydrogen) atoms. The summed E-state index contributed by atoms with van der Waals surface area (Å²) in [4.78, 5) is 8.36. The van der Waals surface area contributed by atoms with E-state index in [2.05, 4.69) is 9.97 Å². The molecular formula is C18H17N3O3S2. The Morgan fingerprint density at radius 1 is 1.08 bits per heavy atom. The lowest BCUT2D eigenvalue weighted by Gasteiger charge is -2.09. The zero-order valence-corrected chi connectivity index (χ0v) is 15.6. The Bertz CT molecular complexity index is 1010. The predicted octanol–water partition coefficient (Wildman–Crippen LogP) is 3.19. The fourth-order valence-electron chi connectivity index (χ4n) is 2.33. The van der Waals surface area contributed by atoms with Crippen molar-refractivity contribution in [2.45, 2.75) is 20.7 Å². The van der Waals surface area contributed by atoms with Gasteiger partial charge in [0.2, 0.25) is 9.84 Å². The number of thioether (sulfide) groups is 1. The van der Waals surface area contributed by atoms with Gasteiger partial charge < -0.3 is 10.5 Å². The summed E-state index contributed by atoms with van der Waals surface area (Å²) in [7, 11) is -2.13. The Morgan fingerprint density at radius 2 is 1.77 bits per heavy atom. The van der Waals surface area contributed by atoms with Gasteiger partial charge in [-0.3, -0.25) is 0 Å². The van der Waals surface area contributed by atoms with Crippen molar-refractivity contribution in [2.75, 3.05) is 12.8 Å². The molecule has 0 amide bonds. The summed E-state index contributed by atoms with van der Waals surface area (Å²) in [6.45, 7) is 0. The minimum absolute atomic E-state index is 0.0635. The van der Waals surface area contributed by atoms with E-state index in [1.807, 2.05) is 24.3 Å². The molecule has 3 rings (SSSR count). The molecular weight excluding hydrogens is 370 g/mol. The number of ether oxygens (including phenoxy) is 1. The van der Waals surface area contributed by atoms with Crippen LogP contribution in [0, 0.1) is 0 Å². The first-order chi connectivity index (χ1) is 12.5. The normalized spacial score (nSPS) is 11.3. The number of hydrogen-bond donors (Lipinski definition) is 1. The minimum Gasteiger partial charge on any atom is -0.496 e. The zero-order valence-electron chi connectivity index (χ0n) is 14.0. The number of sulfone groups is 1. The standard InChI is InChI=1S/C18H17N3O3S2/c1-24-15-10-6-5-7-13(15)12-25-18-20-11-16(17(19)21-18)26(22,23)14-8-3-2-4-9-14/h2-11H,12H2,1H3,(H2,19,20,21). The highest BCUT2D eigenvalue weighted by atomic mass is 32.2. The summed E-state index contributed by atoms with van der Waals surface area (Å²) < 4.78 is 30.6. The number of rotatable bonds is 6. The maximum absolute atomic E-state index is 12.6. The molecule has 8 heteroatoms. The van der Waals surface area contributed by atoms with Gasteiger partial charge in [0.1, 0.15) is 16.5 Å². The van der Waals surface area contributed by atoms with E-state index in [1.54, 1.807) is 25.3 Å². The van der Waals surface area contributed by atoms with Gasteiger partial charge in [-0.15, -0.1) is 0 Å². The Hall–Kier alpha value is -2.58. The van der Waals surface area contributed by atoms with Crippen molar-refractivity contribution in [2.24, 2.45) is 0 Å². The fraction of sp³-hybridized carbons (Fsp3) is 0.111. The van der Waals surface area contributed by atoms with Crippen molar-refractivity contribution in [3.05, 3.63) is 66.4 Å². The Labute approximate surface area is 156 Å². The van der Waals surface area contributed by atoms with Crippen LogP contribution in [0.3, 0.4) is 0 Å². The monoisotopic (exact) mass is 387 g/mol. The van der Waals surface area contributed by atoms with Gasteiger partial charge in [-0.05, 0) is 18.2 Å². The van der Waals surface area contributed by atoms with Crippen LogP contribution in [0.15, 0.2) is 75.7 Å². The van der Waals surface area contributed by atoms with Crippen LogP contribution in [0.25, 0.3) is 0 Å². The van der Waals surface area contributed by atoms with Crippen LogP contribution in [-0.4, -0.2) is 25.5 Å². The first-order valence-electron chi connectivity index (χ1n) is 7.69. The molecule has 134 valence electrons. The van der Waals surface area contributed by atoms with Crippen LogP contribution < -0.4 is 10.5 Å². The van der Waals surface area contributed by atoms with Gasteiger partial charge in [0.15, 0.2) is 5.16 Å². The second-order valence-corrected chi connectivity index (χ2v) is 8.18. The Morgan fingerprint density at radius 3 is 2.46 bits per heavy atom. The first kappa shape index (κ1) is 18.2. The predicted molar refractivity (Wildman–Crippen MR) is 101 cm³/mol. The molecule has 3 aromatic rings. The van der Waals surface area contributed by atoms with Crippen LogP contribution in [0.1, 0.15) is 5.56 Å². The lowest BCUT2D eigenvalue weighted by Crippen LogP contribution is -2.08. The van der Waals surface area contributed by atoms with Gasteiger partial charge in [0.25, 0.3) is 0 Å². The van der Waals surface area contributed by atoms with E-state index in [4.69, 9.17) is 10.5 Å². The van der Waals surface area contributed by atoms with Gasteiger partial charge >= 0.3 is 0 Å². The minimum atomic E-state index is -3.74. The first-order valence-corrected chi connectivity index (χ1v) is 10.2. The molecule has 2 N–H and O–H groups in total. The summed E-state index contributed by atoms with van der Waals surface area (Å²) >= 11 is 1.36. The molecule has 6 nitrogen and oxygen atoms in total. The molecule has 0 aliphatic carbocycles. The third-order valence-electron chi connectivity index (χ3n) is 3.65. The highest BCUT2D eigenvalue weighted by molar-refractivity contribution is 7.98. The topological polar surface area (TPSA) is 95.2 Å². The number of methoxy groups -OCH3 is 1. The maximum atomic E-state index is 12.6. The quantitative estimate of drug-likeness (QED) is 0.512. The van der Waals surface area contributed by atoms with Crippen LogP contribution in [0.4, 0.5) is 5.82 Å². The van der Waals surface area contributed by atoms with E-state index >= 15 is 0 Å². The summed E-state index contributed by atoms with van der Waals surface area (Å²) in [6.07, 6.45) is 1.26. The molecule has 0 saturated carbocycles. The second-order valence-electron chi connectivity index (χ2n) is 5.32. The largest absolute Gasteiger partial charge is 0.496 e. The van der Waals surface area contributed by atoms with E-state index in [9.17, 15) is 8.42 Å². The molecule has 1 aromatic heterocycles. The Balaban J connectivity index is 1.82. The van der Waals surface area contributed by atoms with Crippen molar-refractivity contribution in [3.63, 3.8) is 0 Å². The summed E-state index contributed by atoms with van der Waals surface area (Å²) in [6, 6.07) is 15.7. The van der Waals surface area contributed by atoms with Crippen LogP contribution >= 0.6 is 11.8 Å². The molecule has 0 fully saturated rings. The smallest absolute Gasteiger partial charge is 0.211 e. The number of anilines is 1. The van der Waals surface area contributed by atoms with Gasteiger partial charge in [-0.1, -0.05) is 48.2 Å². The van der Waals surface area contributed by atoms with Gasteiger partial charge in [0, 0.05) is 11.3 Å². The Kier molecular flexibility index (Phi) is 5.43. The number of nitrogen functional groups attached to an aromatic ring is 1. The average Bonchev–Trinajstić information content (AvgIpc) is 2.67. The van der Waals surface area contributed by atoms with E-state index in [0.717, 1.165) is 11.3 Å². The van der Waals surface area contributed by atoms with Crippen molar-refractivity contribution < 1.29 is 13.2 Å². The second kappa shape index (κ2) is 7.76. The maximum Gasteiger partial charge on any atom is 0.211 e. The van der Waals surface area contributed by atoms with Gasteiger partial charge in [-0.25, -0.2) is 18.4 Å². The molecule has 2 aromatic carbocycles. The lowest BCUT2D eigenvalue weighted by atomic mass is 10.2. The third-order valence-corrected chi connectivity index (χ3v) is 6.35. The molecule has 0 radical (unpaired) electrons. The van der Waals surface area contributed by atoms with E-state index in [-0.39, 0.29) is 15.6 Å². The van der Waals surface area contributed by atoms with Crippen LogP contribution in [0.2, 0.25) is 0 Å². The molecule has 0 bridgehead atoms. The SMILES string of the molecule is COc1ccccc1CSc1ncc(S(=O)(=O)c2ccccc2)c(N)n1. The summed E-state index contributed by atoms with van der Waals surface area (Å²) in [5.41, 5.74) is 6.89. The number of nitrogens with zero attached hydrogens (tertiary/aromatic N) is 2. The number of hydrogen-bond acceptors (Lipinski definition) is 7. The molecule has 0 spiro atoms. The van der Waals surface area contributed by atoms with E-state index in [1.165, 1.54) is 30.1 Å². The molecule has 1 heterocycles. The van der Waals surface area contributed by atoms with Crippen LogP contribution in [0.5, 0.6) is 5.75 Å². The van der Waals surface area contributed by atoms with Crippen molar-refractivity contribution >= 4 is 27.4 Å². The average molecular weight is 387 g/mol. The molecule has 0 aliphatic rings. The number of benzene rings is 2. The van der Waals surface area contributed by atoms with Crippen LogP contribution in [-0.2, 0) is 15.6 Å². The van der Waals surface area contributed by atoms with Gasteiger partial charge in [0.05, 0.1) is 18.2 Å². The molecule has 0 aliphatic heterocycles. The van der Waals surface area contributed by atoms with E-state index < -0.39 is 9.84 Å². The number of nitrogens with two attached hydrogens (primary N) is 1. The van der Waals surface area contributed by atoms with Crippen molar-refractivity contribution in [1.29, 1.82) is 0 Å². The fourth-order valence-corrected chi connectivity index (χ4v) is 4.43. The molecule has 0 saturated heterocycles. The third kappa shape index (κ3) is 3.81. The van der Waals surface area contributed by atoms with Gasteiger partial charge in [-0.2, -0.15) is 0 Å². The summed E-state index contributed by atoms with van der Waals surface area (Å²) in [5.74, 6) is 1.29. The lowest BCUT2D eigenvalue weighted by molar-refractivity contribution is 0.411. The van der Waals surface area contributed by atoms with Crippen molar-refractivity contribution in [1.82, 2.24) is 9.97 Å². The highest BCUT2D eigenvalue weighted by Gasteiger charge is 2.22. The summed E-state index contributed by atoms with van der Waals surface area (Å²) in [5, 5.41) is 0.403. The highest BCUT2D eigenvalue weighted by Crippen LogP contribution is 2.29. The zero-order chi connectivity index (χ0) is 18.6. The number of para-hydroxylation sites is 1. The number of aromatic nitrogens is 2. The van der Waals surface area contributed by atoms with E-state index in [0.29, 0.717) is 10.9 Å². The van der Waals surface area contributed by atoms with Crippen molar-refractivity contribution in [3.8, 4) is 5.75 Å². The molecule has 0 unspecified atom stereocenters. The molecule has 0 atom stereocenters.